The van der Waals surface area contributed by atoms with Crippen molar-refractivity contribution in [1.29, 1.82) is 0 Å². The standard InChI is InChI=1S/C19H31N3O2/c1-16(2)15-22-19(21-12-10-18-9-6-14-24-18)20-11-5-8-17-7-3-4-13-23-17/h6,9,14,17H,1,3-5,7-8,10-13,15H2,2H3,(H2,20,21,22). The molecule has 0 saturated carbocycles. The molecule has 134 valence electrons. The van der Waals surface area contributed by atoms with Gasteiger partial charge in [-0.25, -0.2) is 4.99 Å². The zero-order valence-electron chi connectivity index (χ0n) is 14.9. The van der Waals surface area contributed by atoms with Gasteiger partial charge in [-0.05, 0) is 51.2 Å². The van der Waals surface area contributed by atoms with Gasteiger partial charge in [0.1, 0.15) is 5.76 Å². The van der Waals surface area contributed by atoms with Crippen LogP contribution < -0.4 is 10.6 Å². The summed E-state index contributed by atoms with van der Waals surface area (Å²) in [5.74, 6) is 1.82. The van der Waals surface area contributed by atoms with Crippen LogP contribution in [-0.4, -0.2) is 38.3 Å². The normalized spacial score (nSPS) is 18.4. The van der Waals surface area contributed by atoms with E-state index in [0.717, 1.165) is 56.3 Å². The number of guanidine groups is 1. The van der Waals surface area contributed by atoms with Crippen LogP contribution >= 0.6 is 0 Å². The van der Waals surface area contributed by atoms with E-state index in [1.165, 1.54) is 19.3 Å². The highest BCUT2D eigenvalue weighted by Gasteiger charge is 2.12. The smallest absolute Gasteiger partial charge is 0.191 e. The molecule has 1 unspecified atom stereocenters. The number of hydrogen-bond acceptors (Lipinski definition) is 3. The van der Waals surface area contributed by atoms with Crippen LogP contribution in [0.3, 0.4) is 0 Å². The van der Waals surface area contributed by atoms with Gasteiger partial charge in [-0.3, -0.25) is 0 Å². The van der Waals surface area contributed by atoms with E-state index in [1.807, 2.05) is 19.1 Å². The third-order valence-corrected chi connectivity index (χ3v) is 4.02. The predicted octanol–water partition coefficient (Wildman–Crippen LogP) is 3.28. The predicted molar refractivity (Wildman–Crippen MR) is 98.4 cm³/mol. The van der Waals surface area contributed by atoms with Crippen molar-refractivity contribution in [2.45, 2.75) is 51.6 Å². The van der Waals surface area contributed by atoms with Crippen molar-refractivity contribution >= 4 is 5.96 Å². The minimum absolute atomic E-state index is 0.447. The molecule has 1 aromatic rings. The van der Waals surface area contributed by atoms with Crippen LogP contribution in [-0.2, 0) is 11.2 Å². The number of ether oxygens (including phenoxy) is 1. The summed E-state index contributed by atoms with van der Waals surface area (Å²) in [5.41, 5.74) is 1.05. The molecule has 2 N–H and O–H groups in total. The molecule has 1 atom stereocenters. The monoisotopic (exact) mass is 333 g/mol. The van der Waals surface area contributed by atoms with Gasteiger partial charge in [-0.15, -0.1) is 0 Å². The second-order valence-electron chi connectivity index (χ2n) is 6.44. The fourth-order valence-corrected chi connectivity index (χ4v) is 2.72. The Bertz CT molecular complexity index is 491. The van der Waals surface area contributed by atoms with Crippen LogP contribution in [0.25, 0.3) is 0 Å². The van der Waals surface area contributed by atoms with Gasteiger partial charge in [0, 0.05) is 26.1 Å². The molecule has 24 heavy (non-hydrogen) atoms. The van der Waals surface area contributed by atoms with Crippen molar-refractivity contribution in [1.82, 2.24) is 10.6 Å². The lowest BCUT2D eigenvalue weighted by Gasteiger charge is -2.22. The topological polar surface area (TPSA) is 58.8 Å². The summed E-state index contributed by atoms with van der Waals surface area (Å²) in [7, 11) is 0. The average molecular weight is 333 g/mol. The largest absolute Gasteiger partial charge is 0.469 e. The van der Waals surface area contributed by atoms with Gasteiger partial charge in [0.15, 0.2) is 5.96 Å². The molecule has 0 spiro atoms. The van der Waals surface area contributed by atoms with Crippen molar-refractivity contribution in [3.63, 3.8) is 0 Å². The summed E-state index contributed by atoms with van der Waals surface area (Å²) >= 11 is 0. The first-order valence-electron chi connectivity index (χ1n) is 9.04. The quantitative estimate of drug-likeness (QED) is 0.315. The van der Waals surface area contributed by atoms with Gasteiger partial charge in [0.05, 0.1) is 18.9 Å². The van der Waals surface area contributed by atoms with E-state index < -0.39 is 0 Å². The summed E-state index contributed by atoms with van der Waals surface area (Å²) in [4.78, 5) is 4.56. The lowest BCUT2D eigenvalue weighted by atomic mass is 10.0. The molecule has 2 rings (SSSR count). The van der Waals surface area contributed by atoms with Gasteiger partial charge >= 0.3 is 0 Å². The number of nitrogens with zero attached hydrogens (tertiary/aromatic N) is 1. The Labute approximate surface area is 145 Å². The molecule has 1 fully saturated rings. The fraction of sp³-hybridized carbons (Fsp3) is 0.632. The lowest BCUT2D eigenvalue weighted by molar-refractivity contribution is 0.0104. The second-order valence-corrected chi connectivity index (χ2v) is 6.44. The molecule has 1 aliphatic heterocycles. The van der Waals surface area contributed by atoms with E-state index in [1.54, 1.807) is 6.26 Å². The molecule has 0 bridgehead atoms. The van der Waals surface area contributed by atoms with E-state index in [2.05, 4.69) is 22.2 Å². The Balaban J connectivity index is 1.67. The van der Waals surface area contributed by atoms with Gasteiger partial charge in [-0.2, -0.15) is 0 Å². The Morgan fingerprint density at radius 2 is 2.21 bits per heavy atom. The first kappa shape index (κ1) is 18.6. The molecular formula is C19H31N3O2. The van der Waals surface area contributed by atoms with Crippen molar-refractivity contribution in [2.75, 3.05) is 26.2 Å². The van der Waals surface area contributed by atoms with Gasteiger partial charge in [0.25, 0.3) is 0 Å². The zero-order chi connectivity index (χ0) is 17.0. The summed E-state index contributed by atoms with van der Waals surface area (Å²) in [6, 6.07) is 3.90. The minimum atomic E-state index is 0.447. The van der Waals surface area contributed by atoms with Crippen molar-refractivity contribution in [2.24, 2.45) is 4.99 Å². The number of hydrogen-bond donors (Lipinski definition) is 2. The third-order valence-electron chi connectivity index (χ3n) is 4.02. The lowest BCUT2D eigenvalue weighted by Crippen LogP contribution is -2.39. The van der Waals surface area contributed by atoms with E-state index in [4.69, 9.17) is 9.15 Å². The van der Waals surface area contributed by atoms with Crippen LogP contribution in [0.5, 0.6) is 0 Å². The second kappa shape index (κ2) is 10.9. The van der Waals surface area contributed by atoms with Crippen molar-refractivity contribution in [3.8, 4) is 0 Å². The number of aliphatic imine (C=N–C) groups is 1. The maximum Gasteiger partial charge on any atom is 0.191 e. The molecule has 0 radical (unpaired) electrons. The van der Waals surface area contributed by atoms with Gasteiger partial charge in [0.2, 0.25) is 0 Å². The molecule has 1 aromatic heterocycles. The maximum atomic E-state index is 5.77. The highest BCUT2D eigenvalue weighted by atomic mass is 16.5. The minimum Gasteiger partial charge on any atom is -0.469 e. The van der Waals surface area contributed by atoms with Crippen LogP contribution in [0.1, 0.15) is 44.8 Å². The molecule has 5 heteroatoms. The first-order chi connectivity index (χ1) is 11.7. The summed E-state index contributed by atoms with van der Waals surface area (Å²) in [6.45, 7) is 9.17. The molecule has 5 nitrogen and oxygen atoms in total. The number of furan rings is 1. The molecule has 0 aliphatic carbocycles. The van der Waals surface area contributed by atoms with Gasteiger partial charge in [-0.1, -0.05) is 12.2 Å². The number of rotatable bonds is 9. The van der Waals surface area contributed by atoms with Crippen LogP contribution in [0.4, 0.5) is 0 Å². The molecular weight excluding hydrogens is 302 g/mol. The molecule has 1 saturated heterocycles. The Hall–Kier alpha value is -1.75. The Morgan fingerprint density at radius 3 is 2.92 bits per heavy atom. The SMILES string of the molecule is C=C(C)CN=C(NCCCC1CCCCO1)NCCc1ccco1. The average Bonchev–Trinajstić information content (AvgIpc) is 3.10. The highest BCUT2D eigenvalue weighted by molar-refractivity contribution is 5.79. The highest BCUT2D eigenvalue weighted by Crippen LogP contribution is 2.16. The summed E-state index contributed by atoms with van der Waals surface area (Å²) in [6.07, 6.45) is 8.93. The Morgan fingerprint density at radius 1 is 1.33 bits per heavy atom. The number of nitrogens with one attached hydrogen (secondary N) is 2. The van der Waals surface area contributed by atoms with Crippen LogP contribution in [0, 0.1) is 0 Å². The zero-order valence-corrected chi connectivity index (χ0v) is 14.9. The van der Waals surface area contributed by atoms with Crippen molar-refractivity contribution < 1.29 is 9.15 Å². The fourth-order valence-electron chi connectivity index (χ4n) is 2.72. The van der Waals surface area contributed by atoms with E-state index in [-0.39, 0.29) is 0 Å². The van der Waals surface area contributed by atoms with Crippen LogP contribution in [0.2, 0.25) is 0 Å². The maximum absolute atomic E-state index is 5.77. The van der Waals surface area contributed by atoms with E-state index >= 15 is 0 Å². The van der Waals surface area contributed by atoms with E-state index in [0.29, 0.717) is 12.6 Å². The third kappa shape index (κ3) is 7.68. The van der Waals surface area contributed by atoms with Crippen LogP contribution in [0.15, 0.2) is 40.0 Å². The van der Waals surface area contributed by atoms with E-state index in [9.17, 15) is 0 Å². The van der Waals surface area contributed by atoms with Gasteiger partial charge < -0.3 is 19.8 Å². The first-order valence-corrected chi connectivity index (χ1v) is 9.04. The molecule has 0 aromatic carbocycles. The Kier molecular flexibility index (Phi) is 8.46. The van der Waals surface area contributed by atoms with Crippen molar-refractivity contribution in [3.05, 3.63) is 36.3 Å². The molecule has 1 aliphatic rings. The molecule has 0 amide bonds. The summed E-state index contributed by atoms with van der Waals surface area (Å²) in [5, 5.41) is 6.76. The summed E-state index contributed by atoms with van der Waals surface area (Å²) < 4.78 is 11.1. The molecule has 2 heterocycles.